The van der Waals surface area contributed by atoms with Crippen LogP contribution >= 0.6 is 0 Å². The molecule has 2 aromatic heterocycles. The first-order chi connectivity index (χ1) is 14.2. The summed E-state index contributed by atoms with van der Waals surface area (Å²) in [6.45, 7) is 2.00. The number of benzene rings is 2. The molecule has 0 radical (unpaired) electrons. The second kappa shape index (κ2) is 8.35. The van der Waals surface area contributed by atoms with Crippen LogP contribution in [0, 0.1) is 0 Å². The van der Waals surface area contributed by atoms with Gasteiger partial charge < -0.3 is 15.2 Å². The summed E-state index contributed by atoms with van der Waals surface area (Å²) in [7, 11) is 0. The molecule has 2 N–H and O–H groups in total. The van der Waals surface area contributed by atoms with Crippen molar-refractivity contribution in [3.05, 3.63) is 90.3 Å². The Labute approximate surface area is 167 Å². The molecule has 2 heterocycles. The minimum absolute atomic E-state index is 0.0406. The topological polar surface area (TPSA) is 92.9 Å². The number of anilines is 2. The molecular formula is C22H19N5O2. The summed E-state index contributed by atoms with van der Waals surface area (Å²) in [5.74, 6) is 0.715. The van der Waals surface area contributed by atoms with E-state index in [1.165, 1.54) is 0 Å². The second-order valence-electron chi connectivity index (χ2n) is 6.47. The van der Waals surface area contributed by atoms with Gasteiger partial charge in [-0.25, -0.2) is 0 Å². The monoisotopic (exact) mass is 385 g/mol. The molecule has 7 nitrogen and oxygen atoms in total. The summed E-state index contributed by atoms with van der Waals surface area (Å²) in [5.41, 5.74) is 3.17. The number of amides is 1. The number of pyridine rings is 1. The maximum absolute atomic E-state index is 12.2. The van der Waals surface area contributed by atoms with E-state index >= 15 is 0 Å². The number of hydrogen-bond acceptors (Lipinski definition) is 6. The van der Waals surface area contributed by atoms with Gasteiger partial charge in [-0.2, -0.15) is 4.98 Å². The summed E-state index contributed by atoms with van der Waals surface area (Å²) < 4.78 is 5.32. The average molecular weight is 385 g/mol. The molecule has 7 heteroatoms. The molecule has 0 saturated heterocycles. The third kappa shape index (κ3) is 4.47. The summed E-state index contributed by atoms with van der Waals surface area (Å²) in [5, 5.41) is 10.1. The van der Waals surface area contributed by atoms with Crippen molar-refractivity contribution in [2.24, 2.45) is 0 Å². The molecule has 0 aliphatic carbocycles. The van der Waals surface area contributed by atoms with Gasteiger partial charge in [0.1, 0.15) is 0 Å². The van der Waals surface area contributed by atoms with Gasteiger partial charge in [-0.15, -0.1) is 0 Å². The number of nitrogens with zero attached hydrogens (tertiary/aromatic N) is 3. The van der Waals surface area contributed by atoms with E-state index in [0.717, 1.165) is 11.1 Å². The van der Waals surface area contributed by atoms with E-state index in [9.17, 15) is 4.79 Å². The number of carbonyl (C=O) groups is 1. The number of nitrogens with one attached hydrogen (secondary N) is 2. The molecular weight excluding hydrogens is 366 g/mol. The minimum atomic E-state index is -0.174. The van der Waals surface area contributed by atoms with Gasteiger partial charge in [-0.1, -0.05) is 30.3 Å². The highest BCUT2D eigenvalue weighted by Crippen LogP contribution is 2.22. The lowest BCUT2D eigenvalue weighted by Crippen LogP contribution is -2.12. The molecule has 0 aliphatic rings. The van der Waals surface area contributed by atoms with E-state index in [1.54, 1.807) is 24.5 Å². The fourth-order valence-corrected chi connectivity index (χ4v) is 2.82. The number of hydrogen-bond donors (Lipinski definition) is 2. The Morgan fingerprint density at radius 3 is 2.41 bits per heavy atom. The van der Waals surface area contributed by atoms with Crippen molar-refractivity contribution in [2.75, 3.05) is 10.6 Å². The van der Waals surface area contributed by atoms with Crippen molar-refractivity contribution in [2.45, 2.75) is 13.0 Å². The molecule has 0 bridgehead atoms. The van der Waals surface area contributed by atoms with E-state index in [2.05, 4.69) is 25.8 Å². The third-order valence-corrected chi connectivity index (χ3v) is 4.40. The standard InChI is InChI=1S/C22H19N5O2/c1-15(24-22-26-21(29-27-22)18-5-3-2-4-6-18)16-7-9-19(10-8-16)25-20(28)17-11-13-23-14-12-17/h2-15H,1H3,(H,24,27)(H,25,28). The summed E-state index contributed by atoms with van der Waals surface area (Å²) in [4.78, 5) is 20.5. The van der Waals surface area contributed by atoms with Crippen LogP contribution in [0.5, 0.6) is 0 Å². The Kier molecular flexibility index (Phi) is 5.29. The third-order valence-electron chi connectivity index (χ3n) is 4.40. The van der Waals surface area contributed by atoms with Gasteiger partial charge in [-0.05, 0) is 54.0 Å². The molecule has 29 heavy (non-hydrogen) atoms. The van der Waals surface area contributed by atoms with Gasteiger partial charge in [0, 0.05) is 29.2 Å². The number of aromatic nitrogens is 3. The molecule has 1 atom stereocenters. The van der Waals surface area contributed by atoms with Crippen LogP contribution in [0.1, 0.15) is 28.9 Å². The van der Waals surface area contributed by atoms with Crippen LogP contribution in [-0.4, -0.2) is 21.0 Å². The molecule has 1 unspecified atom stereocenters. The molecule has 0 spiro atoms. The van der Waals surface area contributed by atoms with E-state index in [0.29, 0.717) is 23.1 Å². The van der Waals surface area contributed by atoms with E-state index in [4.69, 9.17) is 4.52 Å². The fraction of sp³-hybridized carbons (Fsp3) is 0.0909. The first-order valence-corrected chi connectivity index (χ1v) is 9.16. The maximum atomic E-state index is 12.2. The van der Waals surface area contributed by atoms with Gasteiger partial charge >= 0.3 is 0 Å². The predicted octanol–water partition coefficient (Wildman–Crippen LogP) is 4.56. The molecule has 4 rings (SSSR count). The lowest BCUT2D eigenvalue weighted by Gasteiger charge is -2.13. The van der Waals surface area contributed by atoms with Crippen LogP contribution in [0.4, 0.5) is 11.6 Å². The molecule has 1 amide bonds. The Hall–Kier alpha value is -4.00. The molecule has 0 fully saturated rings. The van der Waals surface area contributed by atoms with E-state index < -0.39 is 0 Å². The lowest BCUT2D eigenvalue weighted by molar-refractivity contribution is 0.102. The van der Waals surface area contributed by atoms with Crippen molar-refractivity contribution in [1.29, 1.82) is 0 Å². The molecule has 2 aromatic carbocycles. The van der Waals surface area contributed by atoms with Gasteiger partial charge in [0.2, 0.25) is 0 Å². The molecule has 0 saturated carbocycles. The van der Waals surface area contributed by atoms with Crippen LogP contribution in [0.3, 0.4) is 0 Å². The molecule has 144 valence electrons. The summed E-state index contributed by atoms with van der Waals surface area (Å²) in [6, 6.07) is 20.5. The van der Waals surface area contributed by atoms with E-state index in [-0.39, 0.29) is 11.9 Å². The number of carbonyl (C=O) groups excluding carboxylic acids is 1. The largest absolute Gasteiger partial charge is 0.345 e. The van der Waals surface area contributed by atoms with Crippen molar-refractivity contribution in [3.63, 3.8) is 0 Å². The van der Waals surface area contributed by atoms with Gasteiger partial charge in [-0.3, -0.25) is 9.78 Å². The SMILES string of the molecule is CC(Nc1noc(-c2ccccc2)n1)c1ccc(NC(=O)c2ccncc2)cc1. The highest BCUT2D eigenvalue weighted by molar-refractivity contribution is 6.04. The maximum Gasteiger partial charge on any atom is 0.264 e. The van der Waals surface area contributed by atoms with Crippen LogP contribution < -0.4 is 10.6 Å². The second-order valence-corrected chi connectivity index (χ2v) is 6.47. The van der Waals surface area contributed by atoms with Gasteiger partial charge in [0.15, 0.2) is 0 Å². The van der Waals surface area contributed by atoms with Crippen LogP contribution in [0.15, 0.2) is 83.6 Å². The Morgan fingerprint density at radius 2 is 1.69 bits per heavy atom. The predicted molar refractivity (Wildman–Crippen MR) is 110 cm³/mol. The van der Waals surface area contributed by atoms with E-state index in [1.807, 2.05) is 61.5 Å². The van der Waals surface area contributed by atoms with Crippen LogP contribution in [0.25, 0.3) is 11.5 Å². The van der Waals surface area contributed by atoms with Crippen molar-refractivity contribution in [1.82, 2.24) is 15.1 Å². The normalized spacial score (nSPS) is 11.6. The van der Waals surface area contributed by atoms with Crippen molar-refractivity contribution >= 4 is 17.5 Å². The zero-order valence-electron chi connectivity index (χ0n) is 15.7. The van der Waals surface area contributed by atoms with Crippen molar-refractivity contribution in [3.8, 4) is 11.5 Å². The van der Waals surface area contributed by atoms with Crippen LogP contribution in [0.2, 0.25) is 0 Å². The first-order valence-electron chi connectivity index (χ1n) is 9.16. The quantitative estimate of drug-likeness (QED) is 0.505. The highest BCUT2D eigenvalue weighted by Gasteiger charge is 2.12. The average Bonchev–Trinajstić information content (AvgIpc) is 3.24. The zero-order valence-corrected chi connectivity index (χ0v) is 15.7. The number of rotatable bonds is 6. The smallest absolute Gasteiger partial charge is 0.264 e. The van der Waals surface area contributed by atoms with Crippen LogP contribution in [-0.2, 0) is 0 Å². The lowest BCUT2D eigenvalue weighted by atomic mass is 10.1. The highest BCUT2D eigenvalue weighted by atomic mass is 16.5. The fourth-order valence-electron chi connectivity index (χ4n) is 2.82. The van der Waals surface area contributed by atoms with Gasteiger partial charge in [0.25, 0.3) is 17.7 Å². The minimum Gasteiger partial charge on any atom is -0.345 e. The zero-order chi connectivity index (χ0) is 20.1. The Bertz CT molecular complexity index is 1080. The van der Waals surface area contributed by atoms with Crippen molar-refractivity contribution < 1.29 is 9.32 Å². The Morgan fingerprint density at radius 1 is 0.966 bits per heavy atom. The Balaban J connectivity index is 1.39. The first kappa shape index (κ1) is 18.4. The molecule has 0 aliphatic heterocycles. The van der Waals surface area contributed by atoms with Gasteiger partial charge in [0.05, 0.1) is 6.04 Å². The molecule has 4 aromatic rings. The summed E-state index contributed by atoms with van der Waals surface area (Å²) in [6.07, 6.45) is 3.18. The summed E-state index contributed by atoms with van der Waals surface area (Å²) >= 11 is 0.